The molecule has 3 aliphatic rings. The molecule has 2 N–H and O–H groups in total. The third-order valence-corrected chi connectivity index (χ3v) is 8.85. The van der Waals surface area contributed by atoms with E-state index in [-0.39, 0.29) is 34.7 Å². The molecule has 3 nitrogen and oxygen atoms in total. The van der Waals surface area contributed by atoms with Gasteiger partial charge in [0.2, 0.25) is 0 Å². The van der Waals surface area contributed by atoms with E-state index < -0.39 is 0 Å². The van der Waals surface area contributed by atoms with Crippen LogP contribution in [0.1, 0.15) is 94.9 Å². The molecule has 0 aromatic heterocycles. The van der Waals surface area contributed by atoms with E-state index in [0.717, 1.165) is 41.6 Å². The first-order valence-electron chi connectivity index (χ1n) is 15.7. The Kier molecular flexibility index (Phi) is 11.5. The third kappa shape index (κ3) is 9.54. The van der Waals surface area contributed by atoms with E-state index >= 15 is 0 Å². The van der Waals surface area contributed by atoms with Crippen LogP contribution in [0, 0.1) is 22.7 Å². The van der Waals surface area contributed by atoms with Crippen LogP contribution >= 0.6 is 0 Å². The minimum atomic E-state index is -0.384. The van der Waals surface area contributed by atoms with Gasteiger partial charge in [-0.2, -0.15) is 0 Å². The second-order valence-corrected chi connectivity index (χ2v) is 14.3. The fourth-order valence-electron chi connectivity index (χ4n) is 6.84. The molecule has 0 unspecified atom stereocenters. The standard InChI is InChI=1S/C40H54O3/c1-28(17-13-18-30(3)21-22-35-32(5)23-33(41)25-38(35,6)7)15-11-12-16-29(2)19-14-20-31(4)36-24-37-39(8,9)26-34(42)27-40(37,10)43-36/h11-20,24,33-34,36,41-42H,23,25-27H2,1-10H3/b12-11+,17-13+,19-14+,28-15+,29-16+,30-18+,31-20+/t33-,34+,36-,40-/m1/s1. The molecule has 0 spiro atoms. The maximum absolute atomic E-state index is 10.4. The predicted molar refractivity (Wildman–Crippen MR) is 182 cm³/mol. The molecule has 43 heavy (non-hydrogen) atoms. The highest BCUT2D eigenvalue weighted by molar-refractivity contribution is 5.45. The number of aliphatic hydroxyl groups is 2. The van der Waals surface area contributed by atoms with Gasteiger partial charge in [0, 0.05) is 17.4 Å². The first kappa shape index (κ1) is 34.6. The summed E-state index contributed by atoms with van der Waals surface area (Å²) in [6, 6.07) is 0. The average Bonchev–Trinajstić information content (AvgIpc) is 3.23. The Morgan fingerprint density at radius 2 is 1.37 bits per heavy atom. The highest BCUT2D eigenvalue weighted by Gasteiger charge is 2.50. The normalized spacial score (nSPS) is 30.2. The number of fused-ring (bicyclic) bond motifs is 1. The van der Waals surface area contributed by atoms with Crippen LogP contribution in [0.15, 0.2) is 106 Å². The second-order valence-electron chi connectivity index (χ2n) is 14.3. The Hall–Kier alpha value is -2.90. The van der Waals surface area contributed by atoms with Gasteiger partial charge >= 0.3 is 0 Å². The van der Waals surface area contributed by atoms with Gasteiger partial charge in [0.1, 0.15) is 0 Å². The van der Waals surface area contributed by atoms with Crippen LogP contribution < -0.4 is 0 Å². The highest BCUT2D eigenvalue weighted by atomic mass is 16.5. The zero-order valence-corrected chi connectivity index (χ0v) is 28.2. The fourth-order valence-corrected chi connectivity index (χ4v) is 6.84. The Bertz CT molecular complexity index is 1390. The summed E-state index contributed by atoms with van der Waals surface area (Å²) in [5, 5.41) is 20.5. The number of hydrogen-bond donors (Lipinski definition) is 2. The molecule has 0 saturated heterocycles. The summed E-state index contributed by atoms with van der Waals surface area (Å²) in [7, 11) is 0. The van der Waals surface area contributed by atoms with Crippen molar-refractivity contribution < 1.29 is 14.9 Å². The van der Waals surface area contributed by atoms with Crippen LogP contribution in [-0.2, 0) is 4.74 Å². The minimum absolute atomic E-state index is 0.0498. The van der Waals surface area contributed by atoms with Gasteiger partial charge in [-0.25, -0.2) is 0 Å². The molecular weight excluding hydrogens is 528 g/mol. The van der Waals surface area contributed by atoms with Crippen LogP contribution in [0.3, 0.4) is 0 Å². The molecule has 0 bridgehead atoms. The molecule has 0 aromatic carbocycles. The lowest BCUT2D eigenvalue weighted by Gasteiger charge is -2.44. The number of rotatable bonds is 7. The van der Waals surface area contributed by atoms with Crippen molar-refractivity contribution in [3.05, 3.63) is 106 Å². The summed E-state index contributed by atoms with van der Waals surface area (Å²) in [5.74, 6) is 6.68. The number of ether oxygens (including phenoxy) is 1. The molecule has 0 aromatic rings. The molecular formula is C40H54O3. The van der Waals surface area contributed by atoms with Crippen LogP contribution in [0.25, 0.3) is 0 Å². The zero-order chi connectivity index (χ0) is 32.0. The zero-order valence-electron chi connectivity index (χ0n) is 28.2. The molecule has 3 rings (SSSR count). The number of hydrogen-bond acceptors (Lipinski definition) is 3. The summed E-state index contributed by atoms with van der Waals surface area (Å²) in [6.45, 7) is 21.3. The summed E-state index contributed by atoms with van der Waals surface area (Å²) >= 11 is 0. The predicted octanol–water partition coefficient (Wildman–Crippen LogP) is 9.21. The quantitative estimate of drug-likeness (QED) is 0.179. The maximum Gasteiger partial charge on any atom is 0.0982 e. The van der Waals surface area contributed by atoms with E-state index in [1.165, 1.54) is 16.7 Å². The van der Waals surface area contributed by atoms with E-state index in [9.17, 15) is 10.2 Å². The van der Waals surface area contributed by atoms with E-state index in [1.807, 2.05) is 19.1 Å². The number of aliphatic hydroxyl groups excluding tert-OH is 2. The van der Waals surface area contributed by atoms with Crippen molar-refractivity contribution in [1.29, 1.82) is 0 Å². The van der Waals surface area contributed by atoms with Crippen LogP contribution in [-0.4, -0.2) is 34.1 Å². The van der Waals surface area contributed by atoms with Crippen molar-refractivity contribution in [3.8, 4) is 11.8 Å². The molecule has 0 radical (unpaired) electrons. The van der Waals surface area contributed by atoms with E-state index in [0.29, 0.717) is 6.42 Å². The van der Waals surface area contributed by atoms with Gasteiger partial charge in [-0.3, -0.25) is 0 Å². The highest BCUT2D eigenvalue weighted by Crippen LogP contribution is 2.52. The lowest BCUT2D eigenvalue weighted by Crippen LogP contribution is -2.45. The van der Waals surface area contributed by atoms with Gasteiger partial charge in [0.25, 0.3) is 0 Å². The van der Waals surface area contributed by atoms with Crippen molar-refractivity contribution in [2.24, 2.45) is 10.8 Å². The Labute approximate surface area is 261 Å². The summed E-state index contributed by atoms with van der Waals surface area (Å²) < 4.78 is 6.46. The van der Waals surface area contributed by atoms with Crippen molar-refractivity contribution in [3.63, 3.8) is 0 Å². The second kappa shape index (κ2) is 14.3. The third-order valence-electron chi connectivity index (χ3n) is 8.85. The topological polar surface area (TPSA) is 49.7 Å². The largest absolute Gasteiger partial charge is 0.393 e. The van der Waals surface area contributed by atoms with Crippen LogP contribution in [0.2, 0.25) is 0 Å². The van der Waals surface area contributed by atoms with Crippen LogP contribution in [0.4, 0.5) is 0 Å². The van der Waals surface area contributed by atoms with Crippen molar-refractivity contribution in [2.75, 3.05) is 0 Å². The first-order chi connectivity index (χ1) is 20.0. The van der Waals surface area contributed by atoms with Gasteiger partial charge in [-0.15, -0.1) is 0 Å². The van der Waals surface area contributed by atoms with Crippen molar-refractivity contribution >= 4 is 0 Å². The van der Waals surface area contributed by atoms with Crippen molar-refractivity contribution in [1.82, 2.24) is 0 Å². The lowest BCUT2D eigenvalue weighted by molar-refractivity contribution is -0.0683. The molecule has 3 heteroatoms. The van der Waals surface area contributed by atoms with Gasteiger partial charge in [-0.1, -0.05) is 117 Å². The first-order valence-corrected chi connectivity index (χ1v) is 15.7. The lowest BCUT2D eigenvalue weighted by atomic mass is 9.65. The Balaban J connectivity index is 1.53. The van der Waals surface area contributed by atoms with Crippen LogP contribution in [0.5, 0.6) is 0 Å². The molecule has 232 valence electrons. The number of allylic oxidation sites excluding steroid dienone is 14. The van der Waals surface area contributed by atoms with Gasteiger partial charge in [0.15, 0.2) is 0 Å². The average molecular weight is 583 g/mol. The molecule has 1 saturated carbocycles. The SMILES string of the molecule is CC1=C(C#C/C(C)=C/C=C/C(C)=C/C=C/C=C(C)/C=C/C=C(\C)[C@H]2C=C3C(C)(C)C[C@H](O)C[C@@]3(C)O2)C(C)(C)C[C@H](O)C1. The molecule has 2 aliphatic carbocycles. The van der Waals surface area contributed by atoms with Gasteiger partial charge in [-0.05, 0) is 89.0 Å². The van der Waals surface area contributed by atoms with Gasteiger partial charge < -0.3 is 14.9 Å². The molecule has 1 fully saturated rings. The van der Waals surface area contributed by atoms with E-state index in [2.05, 4.69) is 129 Å². The summed E-state index contributed by atoms with van der Waals surface area (Å²) in [5.41, 5.74) is 7.67. The molecule has 1 heterocycles. The smallest absolute Gasteiger partial charge is 0.0982 e. The molecule has 1 aliphatic heterocycles. The monoisotopic (exact) mass is 582 g/mol. The molecule has 4 atom stereocenters. The Morgan fingerprint density at radius 1 is 0.791 bits per heavy atom. The van der Waals surface area contributed by atoms with Crippen molar-refractivity contribution in [2.45, 2.75) is 119 Å². The summed E-state index contributed by atoms with van der Waals surface area (Å²) in [4.78, 5) is 0. The molecule has 0 amide bonds. The van der Waals surface area contributed by atoms with Gasteiger partial charge in [0.05, 0.1) is 23.9 Å². The van der Waals surface area contributed by atoms with E-state index in [4.69, 9.17) is 4.74 Å². The maximum atomic E-state index is 10.4. The Morgan fingerprint density at radius 3 is 1.98 bits per heavy atom. The summed E-state index contributed by atoms with van der Waals surface area (Å²) in [6.07, 6.45) is 25.4. The van der Waals surface area contributed by atoms with E-state index in [1.54, 1.807) is 0 Å². The fraction of sp³-hybridized carbons (Fsp3) is 0.500. The minimum Gasteiger partial charge on any atom is -0.393 e.